The molecule has 2 rings (SSSR count). The Labute approximate surface area is 117 Å². The number of amides is 1. The quantitative estimate of drug-likeness (QED) is 0.882. The van der Waals surface area contributed by atoms with Crippen molar-refractivity contribution in [2.75, 3.05) is 6.54 Å². The molecule has 4 heteroatoms. The van der Waals surface area contributed by atoms with E-state index in [1.165, 1.54) is 11.3 Å². The molecule has 0 radical (unpaired) electrons. The monoisotopic (exact) mass is 277 g/mol. The van der Waals surface area contributed by atoms with Crippen molar-refractivity contribution in [1.29, 1.82) is 0 Å². The minimum atomic E-state index is -0.455. The molecule has 0 spiro atoms. The largest absolute Gasteiger partial charge is 0.391 e. The molecule has 0 saturated heterocycles. The highest BCUT2D eigenvalue weighted by Gasteiger charge is 2.15. The molecule has 0 fully saturated rings. The van der Waals surface area contributed by atoms with Crippen LogP contribution in [0.15, 0.2) is 24.3 Å². The molecular weight excluding hydrogens is 258 g/mol. The third-order valence-electron chi connectivity index (χ3n) is 3.17. The summed E-state index contributed by atoms with van der Waals surface area (Å²) in [6.07, 6.45) is 1.17. The van der Waals surface area contributed by atoms with Crippen LogP contribution in [-0.2, 0) is 0 Å². The number of carbonyl (C=O) groups excluding carboxylic acids is 1. The maximum Gasteiger partial charge on any atom is 0.261 e. The number of nitrogens with one attached hydrogen (secondary N) is 1. The third kappa shape index (κ3) is 3.14. The van der Waals surface area contributed by atoms with Crippen LogP contribution in [0.25, 0.3) is 10.1 Å². The van der Waals surface area contributed by atoms with Crippen molar-refractivity contribution in [3.63, 3.8) is 0 Å². The van der Waals surface area contributed by atoms with E-state index in [9.17, 15) is 9.90 Å². The van der Waals surface area contributed by atoms with Gasteiger partial charge in [-0.2, -0.15) is 0 Å². The van der Waals surface area contributed by atoms with Gasteiger partial charge in [-0.25, -0.2) is 0 Å². The van der Waals surface area contributed by atoms with Gasteiger partial charge < -0.3 is 10.4 Å². The van der Waals surface area contributed by atoms with Gasteiger partial charge in [-0.05, 0) is 30.4 Å². The lowest BCUT2D eigenvalue weighted by Crippen LogP contribution is -2.31. The number of aliphatic hydroxyl groups excluding tert-OH is 1. The summed E-state index contributed by atoms with van der Waals surface area (Å²) in [4.78, 5) is 12.9. The topological polar surface area (TPSA) is 49.3 Å². The molecule has 102 valence electrons. The van der Waals surface area contributed by atoms with Gasteiger partial charge in [0, 0.05) is 11.2 Å². The highest BCUT2D eigenvalue weighted by Crippen LogP contribution is 2.30. The summed E-state index contributed by atoms with van der Waals surface area (Å²) in [5.74, 6) is -0.0890. The van der Waals surface area contributed by atoms with Crippen LogP contribution in [0.2, 0.25) is 0 Å². The first-order chi connectivity index (χ1) is 9.13. The predicted octanol–water partition coefficient (Wildman–Crippen LogP) is 3.10. The van der Waals surface area contributed by atoms with Crippen molar-refractivity contribution in [1.82, 2.24) is 5.32 Å². The van der Waals surface area contributed by atoms with Crippen molar-refractivity contribution in [3.8, 4) is 0 Å². The number of hydrogen-bond acceptors (Lipinski definition) is 3. The molecule has 0 aliphatic carbocycles. The van der Waals surface area contributed by atoms with Gasteiger partial charge in [-0.3, -0.25) is 4.79 Å². The van der Waals surface area contributed by atoms with Crippen molar-refractivity contribution >= 4 is 27.3 Å². The molecule has 0 saturated carbocycles. The highest BCUT2D eigenvalue weighted by atomic mass is 32.1. The number of carbonyl (C=O) groups is 1. The fourth-order valence-corrected chi connectivity index (χ4v) is 3.24. The molecule has 1 unspecified atom stereocenters. The SMILES string of the molecule is CCCC(O)CNC(=O)c1sc2ccccc2c1C. The van der Waals surface area contributed by atoms with E-state index in [-0.39, 0.29) is 5.91 Å². The number of fused-ring (bicyclic) bond motifs is 1. The van der Waals surface area contributed by atoms with Gasteiger partial charge in [0.25, 0.3) is 5.91 Å². The summed E-state index contributed by atoms with van der Waals surface area (Å²) in [6.45, 7) is 4.30. The number of thiophene rings is 1. The Balaban J connectivity index is 2.11. The average Bonchev–Trinajstić information content (AvgIpc) is 2.74. The normalized spacial score (nSPS) is 12.6. The number of hydrogen-bond donors (Lipinski definition) is 2. The number of benzene rings is 1. The Hall–Kier alpha value is -1.39. The van der Waals surface area contributed by atoms with Crippen LogP contribution in [0.5, 0.6) is 0 Å². The van der Waals surface area contributed by atoms with Crippen molar-refractivity contribution < 1.29 is 9.90 Å². The van der Waals surface area contributed by atoms with Crippen LogP contribution >= 0.6 is 11.3 Å². The zero-order valence-corrected chi connectivity index (χ0v) is 12.1. The summed E-state index contributed by atoms with van der Waals surface area (Å²) in [6, 6.07) is 8.01. The van der Waals surface area contributed by atoms with E-state index in [0.29, 0.717) is 13.0 Å². The van der Waals surface area contributed by atoms with Gasteiger partial charge in [0.15, 0.2) is 0 Å². The van der Waals surface area contributed by atoms with E-state index in [0.717, 1.165) is 26.9 Å². The molecular formula is C15H19NO2S. The second-order valence-electron chi connectivity index (χ2n) is 4.70. The van der Waals surface area contributed by atoms with Gasteiger partial charge in [0.05, 0.1) is 11.0 Å². The smallest absolute Gasteiger partial charge is 0.261 e. The van der Waals surface area contributed by atoms with E-state index in [4.69, 9.17) is 0 Å². The molecule has 0 aliphatic rings. The second kappa shape index (κ2) is 6.17. The van der Waals surface area contributed by atoms with E-state index in [2.05, 4.69) is 5.32 Å². The van der Waals surface area contributed by atoms with Crippen molar-refractivity contribution in [3.05, 3.63) is 34.7 Å². The van der Waals surface area contributed by atoms with Crippen molar-refractivity contribution in [2.45, 2.75) is 32.8 Å². The van der Waals surface area contributed by atoms with Gasteiger partial charge in [0.1, 0.15) is 0 Å². The molecule has 1 aromatic carbocycles. The van der Waals surface area contributed by atoms with E-state index < -0.39 is 6.10 Å². The number of aliphatic hydroxyl groups is 1. The fraction of sp³-hybridized carbons (Fsp3) is 0.400. The Kier molecular flexibility index (Phi) is 4.56. The maximum absolute atomic E-state index is 12.1. The Bertz CT molecular complexity index is 577. The molecule has 2 aromatic rings. The first-order valence-corrected chi connectivity index (χ1v) is 7.39. The van der Waals surface area contributed by atoms with Gasteiger partial charge in [-0.15, -0.1) is 11.3 Å². The van der Waals surface area contributed by atoms with E-state index in [1.54, 1.807) is 0 Å². The summed E-state index contributed by atoms with van der Waals surface area (Å²) in [5, 5.41) is 13.6. The van der Waals surface area contributed by atoms with Crippen LogP contribution in [0.1, 0.15) is 35.0 Å². The highest BCUT2D eigenvalue weighted by molar-refractivity contribution is 7.21. The zero-order chi connectivity index (χ0) is 13.8. The Morgan fingerprint density at radius 2 is 2.16 bits per heavy atom. The minimum absolute atomic E-state index is 0.0890. The van der Waals surface area contributed by atoms with Gasteiger partial charge >= 0.3 is 0 Å². The Morgan fingerprint density at radius 3 is 2.84 bits per heavy atom. The van der Waals surface area contributed by atoms with Crippen LogP contribution in [0.4, 0.5) is 0 Å². The standard InChI is InChI=1S/C15H19NO2S/c1-3-6-11(17)9-16-15(18)14-10(2)12-7-4-5-8-13(12)19-14/h4-5,7-8,11,17H,3,6,9H2,1-2H3,(H,16,18). The minimum Gasteiger partial charge on any atom is -0.391 e. The number of rotatable bonds is 5. The molecule has 1 heterocycles. The second-order valence-corrected chi connectivity index (χ2v) is 5.76. The fourth-order valence-electron chi connectivity index (χ4n) is 2.12. The lowest BCUT2D eigenvalue weighted by molar-refractivity contribution is 0.0913. The lowest BCUT2D eigenvalue weighted by atomic mass is 10.1. The van der Waals surface area contributed by atoms with Crippen molar-refractivity contribution in [2.24, 2.45) is 0 Å². The predicted molar refractivity (Wildman–Crippen MR) is 79.8 cm³/mol. The average molecular weight is 277 g/mol. The summed E-state index contributed by atoms with van der Waals surface area (Å²) in [7, 11) is 0. The first kappa shape index (κ1) is 14.0. The molecule has 3 nitrogen and oxygen atoms in total. The maximum atomic E-state index is 12.1. The molecule has 0 aliphatic heterocycles. The summed E-state index contributed by atoms with van der Waals surface area (Å²) in [5.41, 5.74) is 1.02. The van der Waals surface area contributed by atoms with Gasteiger partial charge in [0.2, 0.25) is 0 Å². The molecule has 2 N–H and O–H groups in total. The van der Waals surface area contributed by atoms with E-state index in [1.807, 2.05) is 38.1 Å². The number of aryl methyl sites for hydroxylation is 1. The summed E-state index contributed by atoms with van der Waals surface area (Å²) < 4.78 is 1.12. The van der Waals surface area contributed by atoms with Crippen LogP contribution in [-0.4, -0.2) is 23.7 Å². The first-order valence-electron chi connectivity index (χ1n) is 6.58. The molecule has 1 aromatic heterocycles. The van der Waals surface area contributed by atoms with Crippen LogP contribution in [0.3, 0.4) is 0 Å². The van der Waals surface area contributed by atoms with Crippen LogP contribution in [0, 0.1) is 6.92 Å². The van der Waals surface area contributed by atoms with Gasteiger partial charge in [-0.1, -0.05) is 31.5 Å². The molecule has 19 heavy (non-hydrogen) atoms. The summed E-state index contributed by atoms with van der Waals surface area (Å²) >= 11 is 1.50. The Morgan fingerprint density at radius 1 is 1.42 bits per heavy atom. The lowest BCUT2D eigenvalue weighted by Gasteiger charge is -2.10. The molecule has 1 amide bonds. The molecule has 1 atom stereocenters. The molecule has 0 bridgehead atoms. The van der Waals surface area contributed by atoms with E-state index >= 15 is 0 Å². The third-order valence-corrected chi connectivity index (χ3v) is 4.44. The zero-order valence-electron chi connectivity index (χ0n) is 11.3. The van der Waals surface area contributed by atoms with Crippen LogP contribution < -0.4 is 5.32 Å².